The van der Waals surface area contributed by atoms with Gasteiger partial charge in [0, 0.05) is 20.3 Å². The molecule has 0 aromatic rings. The van der Waals surface area contributed by atoms with Crippen molar-refractivity contribution in [3.8, 4) is 0 Å². The lowest BCUT2D eigenvalue weighted by atomic mass is 10.0. The zero-order valence-corrected chi connectivity index (χ0v) is 10.8. The lowest BCUT2D eigenvalue weighted by Crippen LogP contribution is -2.47. The van der Waals surface area contributed by atoms with Crippen molar-refractivity contribution in [3.05, 3.63) is 0 Å². The second-order valence-corrected chi connectivity index (χ2v) is 5.46. The van der Waals surface area contributed by atoms with E-state index in [2.05, 4.69) is 10.6 Å². The minimum absolute atomic E-state index is 0.0435. The van der Waals surface area contributed by atoms with Crippen molar-refractivity contribution in [2.45, 2.75) is 44.6 Å². The van der Waals surface area contributed by atoms with E-state index in [1.807, 2.05) is 0 Å². The van der Waals surface area contributed by atoms with Gasteiger partial charge in [0.2, 0.25) is 5.91 Å². The van der Waals surface area contributed by atoms with Crippen LogP contribution >= 0.6 is 0 Å². The van der Waals surface area contributed by atoms with E-state index in [9.17, 15) is 4.79 Å². The number of nitrogens with one attached hydrogen (secondary N) is 2. The molecule has 0 aromatic carbocycles. The third-order valence-electron chi connectivity index (χ3n) is 4.06. The third kappa shape index (κ3) is 3.68. The van der Waals surface area contributed by atoms with Crippen LogP contribution in [0.1, 0.15) is 38.5 Å². The quantitative estimate of drug-likeness (QED) is 0.730. The van der Waals surface area contributed by atoms with Crippen LogP contribution in [0.2, 0.25) is 0 Å². The summed E-state index contributed by atoms with van der Waals surface area (Å²) in [6.07, 6.45) is 6.88. The van der Waals surface area contributed by atoms with Crippen molar-refractivity contribution in [2.75, 3.05) is 26.8 Å². The normalized spacial score (nSPS) is 26.5. The molecule has 1 atom stereocenters. The molecule has 0 radical (unpaired) electrons. The van der Waals surface area contributed by atoms with Gasteiger partial charge in [-0.2, -0.15) is 0 Å². The largest absolute Gasteiger partial charge is 0.385 e. The molecule has 0 unspecified atom stereocenters. The number of rotatable bonds is 6. The molecule has 1 saturated heterocycles. The molecule has 1 amide bonds. The van der Waals surface area contributed by atoms with Gasteiger partial charge in [-0.25, -0.2) is 0 Å². The van der Waals surface area contributed by atoms with Gasteiger partial charge < -0.3 is 15.4 Å². The van der Waals surface area contributed by atoms with Gasteiger partial charge in [-0.15, -0.1) is 0 Å². The van der Waals surface area contributed by atoms with E-state index in [0.29, 0.717) is 5.41 Å². The summed E-state index contributed by atoms with van der Waals surface area (Å²) >= 11 is 0. The number of methoxy groups -OCH3 is 1. The monoisotopic (exact) mass is 240 g/mol. The maximum atomic E-state index is 11.9. The van der Waals surface area contributed by atoms with Crippen LogP contribution in [0.4, 0.5) is 0 Å². The number of carbonyl (C=O) groups excluding carboxylic acids is 1. The molecule has 2 fully saturated rings. The fourth-order valence-electron chi connectivity index (χ4n) is 2.48. The number of carbonyl (C=O) groups is 1. The lowest BCUT2D eigenvalue weighted by Gasteiger charge is -2.24. The Morgan fingerprint density at radius 2 is 2.29 bits per heavy atom. The van der Waals surface area contributed by atoms with E-state index in [1.54, 1.807) is 7.11 Å². The Kier molecular flexibility index (Phi) is 4.40. The highest BCUT2D eigenvalue weighted by molar-refractivity contribution is 5.81. The number of ether oxygens (including phenoxy) is 1. The first-order valence-electron chi connectivity index (χ1n) is 6.76. The van der Waals surface area contributed by atoms with Crippen LogP contribution in [-0.4, -0.2) is 38.8 Å². The van der Waals surface area contributed by atoms with Gasteiger partial charge >= 0.3 is 0 Å². The summed E-state index contributed by atoms with van der Waals surface area (Å²) in [5.74, 6) is 0.188. The Labute approximate surface area is 103 Å². The topological polar surface area (TPSA) is 50.4 Å². The summed E-state index contributed by atoms with van der Waals surface area (Å²) in [6, 6.07) is 0.0435. The summed E-state index contributed by atoms with van der Waals surface area (Å²) in [6.45, 7) is 2.61. The van der Waals surface area contributed by atoms with Crippen molar-refractivity contribution in [1.29, 1.82) is 0 Å². The molecule has 17 heavy (non-hydrogen) atoms. The smallest absolute Gasteiger partial charge is 0.237 e. The van der Waals surface area contributed by atoms with E-state index in [0.717, 1.165) is 32.5 Å². The van der Waals surface area contributed by atoms with E-state index in [1.165, 1.54) is 25.7 Å². The molecule has 0 bridgehead atoms. The van der Waals surface area contributed by atoms with Gasteiger partial charge in [-0.1, -0.05) is 6.42 Å². The molecule has 1 heterocycles. The molecule has 2 N–H and O–H groups in total. The predicted molar refractivity (Wildman–Crippen MR) is 66.8 cm³/mol. The Hall–Kier alpha value is -0.610. The summed E-state index contributed by atoms with van der Waals surface area (Å²) in [5.41, 5.74) is 0.348. The minimum atomic E-state index is 0.0435. The van der Waals surface area contributed by atoms with Gasteiger partial charge in [-0.3, -0.25) is 4.79 Å². The number of hydrogen-bond acceptors (Lipinski definition) is 3. The molecule has 1 aliphatic carbocycles. The van der Waals surface area contributed by atoms with E-state index >= 15 is 0 Å². The molecular formula is C13H24N2O2. The Morgan fingerprint density at radius 3 is 2.88 bits per heavy atom. The molecule has 2 rings (SSSR count). The lowest BCUT2D eigenvalue weighted by molar-refractivity contribution is -0.124. The average molecular weight is 240 g/mol. The van der Waals surface area contributed by atoms with Crippen molar-refractivity contribution < 1.29 is 9.53 Å². The fourth-order valence-corrected chi connectivity index (χ4v) is 2.48. The summed E-state index contributed by atoms with van der Waals surface area (Å²) < 4.78 is 5.12. The van der Waals surface area contributed by atoms with E-state index < -0.39 is 0 Å². The molecular weight excluding hydrogens is 216 g/mol. The van der Waals surface area contributed by atoms with Crippen molar-refractivity contribution >= 4 is 5.91 Å². The summed E-state index contributed by atoms with van der Waals surface area (Å²) in [7, 11) is 1.74. The van der Waals surface area contributed by atoms with E-state index in [-0.39, 0.29) is 11.9 Å². The van der Waals surface area contributed by atoms with Crippen LogP contribution in [-0.2, 0) is 9.53 Å². The maximum absolute atomic E-state index is 11.9. The maximum Gasteiger partial charge on any atom is 0.237 e. The highest BCUT2D eigenvalue weighted by atomic mass is 16.5. The second kappa shape index (κ2) is 5.83. The van der Waals surface area contributed by atoms with Crippen molar-refractivity contribution in [1.82, 2.24) is 10.6 Å². The van der Waals surface area contributed by atoms with Gasteiger partial charge in [-0.05, 0) is 44.1 Å². The third-order valence-corrected chi connectivity index (χ3v) is 4.06. The van der Waals surface area contributed by atoms with Gasteiger partial charge in [0.25, 0.3) is 0 Å². The van der Waals surface area contributed by atoms with E-state index in [4.69, 9.17) is 4.74 Å². The zero-order valence-electron chi connectivity index (χ0n) is 10.8. The van der Waals surface area contributed by atoms with Crippen LogP contribution in [0.3, 0.4) is 0 Å². The Balaban J connectivity index is 1.68. The van der Waals surface area contributed by atoms with Crippen LogP contribution in [0.5, 0.6) is 0 Å². The number of hydrogen-bond donors (Lipinski definition) is 2. The first-order chi connectivity index (χ1) is 8.26. The zero-order chi connectivity index (χ0) is 12.1. The molecule has 0 spiro atoms. The molecule has 4 heteroatoms. The molecule has 98 valence electrons. The summed E-state index contributed by atoms with van der Waals surface area (Å²) in [5, 5.41) is 6.39. The first-order valence-corrected chi connectivity index (χ1v) is 6.76. The van der Waals surface area contributed by atoms with Crippen LogP contribution in [0.25, 0.3) is 0 Å². The van der Waals surface area contributed by atoms with Crippen LogP contribution in [0, 0.1) is 5.41 Å². The molecule has 1 aliphatic heterocycles. The highest BCUT2D eigenvalue weighted by Gasteiger charge is 2.42. The van der Waals surface area contributed by atoms with Crippen LogP contribution in [0.15, 0.2) is 0 Å². The fraction of sp³-hybridized carbons (Fsp3) is 0.923. The van der Waals surface area contributed by atoms with Gasteiger partial charge in [0.15, 0.2) is 0 Å². The van der Waals surface area contributed by atoms with Crippen molar-refractivity contribution in [3.63, 3.8) is 0 Å². The first kappa shape index (κ1) is 12.8. The van der Waals surface area contributed by atoms with Crippen molar-refractivity contribution in [2.24, 2.45) is 5.41 Å². The predicted octanol–water partition coefficient (Wildman–Crippen LogP) is 1.06. The molecule has 1 saturated carbocycles. The Bertz CT molecular complexity index is 258. The van der Waals surface area contributed by atoms with Gasteiger partial charge in [0.05, 0.1) is 6.04 Å². The standard InChI is InChI=1S/C13H24N2O2/c1-17-9-7-13(5-6-13)10-15-12(16)11-4-2-3-8-14-11/h11,14H,2-10H2,1H3,(H,15,16)/t11-/m0/s1. The molecule has 2 aliphatic rings. The second-order valence-electron chi connectivity index (χ2n) is 5.46. The highest BCUT2D eigenvalue weighted by Crippen LogP contribution is 2.48. The molecule has 4 nitrogen and oxygen atoms in total. The number of piperidine rings is 1. The summed E-state index contributed by atoms with van der Waals surface area (Å²) in [4.78, 5) is 11.9. The molecule has 0 aromatic heterocycles. The Morgan fingerprint density at radius 1 is 1.47 bits per heavy atom. The van der Waals surface area contributed by atoms with Gasteiger partial charge in [0.1, 0.15) is 0 Å². The number of amides is 1. The minimum Gasteiger partial charge on any atom is -0.385 e. The average Bonchev–Trinajstić information content (AvgIpc) is 3.15. The SMILES string of the molecule is COCCC1(CNC(=O)[C@@H]2CCCCN2)CC1. The van der Waals surface area contributed by atoms with Crippen LogP contribution < -0.4 is 10.6 Å².